The summed E-state index contributed by atoms with van der Waals surface area (Å²) < 4.78 is 4.10. The van der Waals surface area contributed by atoms with Crippen molar-refractivity contribution in [1.29, 1.82) is 0 Å². The Hall–Kier alpha value is -1.22. The Morgan fingerprint density at radius 1 is 1.27 bits per heavy atom. The third-order valence-electron chi connectivity index (χ3n) is 1.34. The summed E-state index contributed by atoms with van der Waals surface area (Å²) in [5.74, 6) is 0.795. The van der Waals surface area contributed by atoms with E-state index in [0.717, 1.165) is 11.4 Å². The molecule has 1 aromatic heterocycles. The van der Waals surface area contributed by atoms with Crippen molar-refractivity contribution in [2.45, 2.75) is 0 Å². The van der Waals surface area contributed by atoms with Gasteiger partial charge in [-0.15, -0.1) is 0 Å². The zero-order valence-electron chi connectivity index (χ0n) is 5.69. The highest BCUT2D eigenvalue weighted by atomic mass is 32.1. The number of hydrogen-bond acceptors (Lipinski definition) is 3. The second kappa shape index (κ2) is 2.80. The molecule has 2 aromatic rings. The lowest BCUT2D eigenvalue weighted by Gasteiger charge is -1.90. The Labute approximate surface area is 68.7 Å². The van der Waals surface area contributed by atoms with Crippen molar-refractivity contribution in [3.05, 3.63) is 35.8 Å². The highest BCUT2D eigenvalue weighted by Crippen LogP contribution is 2.13. The zero-order chi connectivity index (χ0) is 7.52. The Kier molecular flexibility index (Phi) is 1.65. The van der Waals surface area contributed by atoms with Crippen molar-refractivity contribution in [1.82, 2.24) is 9.36 Å². The summed E-state index contributed by atoms with van der Waals surface area (Å²) in [7, 11) is 0. The highest BCUT2D eigenvalue weighted by molar-refractivity contribution is 7.03. The predicted molar refractivity (Wildman–Crippen MR) is 44.2 cm³/mol. The first-order valence-corrected chi connectivity index (χ1v) is 4.03. The van der Waals surface area contributed by atoms with E-state index < -0.39 is 0 Å². The predicted octanol–water partition coefficient (Wildman–Crippen LogP) is 2.01. The van der Waals surface area contributed by atoms with Gasteiger partial charge in [0.1, 0.15) is 5.51 Å². The van der Waals surface area contributed by atoms with Crippen molar-refractivity contribution in [3.63, 3.8) is 0 Å². The number of aromatic nitrogens is 2. The average molecular weight is 161 g/mol. The first kappa shape index (κ1) is 6.49. The van der Waals surface area contributed by atoms with Gasteiger partial charge in [-0.25, -0.2) is 4.98 Å². The molecule has 0 fully saturated rings. The summed E-state index contributed by atoms with van der Waals surface area (Å²) in [6.45, 7) is 0. The van der Waals surface area contributed by atoms with Gasteiger partial charge in [0.2, 0.25) is 0 Å². The first-order chi connectivity index (χ1) is 5.47. The Bertz CT molecular complexity index is 315. The molecule has 0 bridgehead atoms. The van der Waals surface area contributed by atoms with Crippen LogP contribution in [0.1, 0.15) is 0 Å². The van der Waals surface area contributed by atoms with Crippen LogP contribution in [0.25, 0.3) is 11.4 Å². The van der Waals surface area contributed by atoms with Crippen LogP contribution in [0.3, 0.4) is 0 Å². The van der Waals surface area contributed by atoms with E-state index in [1.54, 1.807) is 5.51 Å². The molecule has 53 valence electrons. The van der Waals surface area contributed by atoms with Gasteiger partial charge < -0.3 is 0 Å². The van der Waals surface area contributed by atoms with Crippen molar-refractivity contribution < 1.29 is 0 Å². The van der Waals surface area contributed by atoms with E-state index in [-0.39, 0.29) is 0 Å². The Morgan fingerprint density at radius 3 is 2.73 bits per heavy atom. The molecule has 0 amide bonds. The maximum atomic E-state index is 4.10. The molecule has 0 atom stereocenters. The molecular formula is C8H5N2S. The quantitative estimate of drug-likeness (QED) is 0.639. The van der Waals surface area contributed by atoms with Crippen LogP contribution in [0.15, 0.2) is 29.8 Å². The lowest BCUT2D eigenvalue weighted by molar-refractivity contribution is 1.33. The van der Waals surface area contributed by atoms with Crippen LogP contribution in [-0.4, -0.2) is 9.36 Å². The van der Waals surface area contributed by atoms with Crippen LogP contribution in [0.4, 0.5) is 0 Å². The van der Waals surface area contributed by atoms with Gasteiger partial charge >= 0.3 is 0 Å². The van der Waals surface area contributed by atoms with Gasteiger partial charge in [0.15, 0.2) is 5.82 Å². The Balaban J connectivity index is 2.46. The summed E-state index contributed by atoms with van der Waals surface area (Å²) in [5, 5.41) is 0. The van der Waals surface area contributed by atoms with Gasteiger partial charge in [-0.05, 0) is 17.6 Å². The molecule has 1 radical (unpaired) electrons. The number of nitrogens with zero attached hydrogens (tertiary/aromatic N) is 2. The molecule has 0 saturated carbocycles. The van der Waals surface area contributed by atoms with Crippen LogP contribution in [0.2, 0.25) is 0 Å². The zero-order valence-corrected chi connectivity index (χ0v) is 6.51. The topological polar surface area (TPSA) is 25.8 Å². The molecule has 0 aliphatic rings. The SMILES string of the molecule is [c]1ccc(-c2ncsn2)cc1. The van der Waals surface area contributed by atoms with E-state index in [0.29, 0.717) is 0 Å². The third kappa shape index (κ3) is 1.28. The van der Waals surface area contributed by atoms with Gasteiger partial charge in [0.05, 0.1) is 0 Å². The van der Waals surface area contributed by atoms with E-state index >= 15 is 0 Å². The Morgan fingerprint density at radius 2 is 2.09 bits per heavy atom. The summed E-state index contributed by atoms with van der Waals surface area (Å²) in [6, 6.07) is 10.6. The van der Waals surface area contributed by atoms with E-state index in [1.807, 2.05) is 24.3 Å². The molecule has 1 heterocycles. The minimum atomic E-state index is 0.795. The molecule has 0 aliphatic heterocycles. The van der Waals surface area contributed by atoms with Crippen LogP contribution in [0, 0.1) is 6.07 Å². The molecule has 0 spiro atoms. The van der Waals surface area contributed by atoms with Gasteiger partial charge in [-0.1, -0.05) is 24.3 Å². The van der Waals surface area contributed by atoms with Crippen LogP contribution < -0.4 is 0 Å². The van der Waals surface area contributed by atoms with Crippen molar-refractivity contribution in [3.8, 4) is 11.4 Å². The second-order valence-corrected chi connectivity index (χ2v) is 2.65. The van der Waals surface area contributed by atoms with Crippen molar-refractivity contribution in [2.24, 2.45) is 0 Å². The minimum absolute atomic E-state index is 0.795. The van der Waals surface area contributed by atoms with E-state index in [4.69, 9.17) is 0 Å². The summed E-state index contributed by atoms with van der Waals surface area (Å²) >= 11 is 1.36. The van der Waals surface area contributed by atoms with Crippen LogP contribution >= 0.6 is 11.5 Å². The van der Waals surface area contributed by atoms with Gasteiger partial charge in [-0.2, -0.15) is 4.37 Å². The fourth-order valence-electron chi connectivity index (χ4n) is 0.834. The van der Waals surface area contributed by atoms with Crippen LogP contribution in [0.5, 0.6) is 0 Å². The number of hydrogen-bond donors (Lipinski definition) is 0. The summed E-state index contributed by atoms with van der Waals surface area (Å²) in [6.07, 6.45) is 0. The van der Waals surface area contributed by atoms with Gasteiger partial charge in [0, 0.05) is 5.56 Å². The molecule has 3 heteroatoms. The second-order valence-electron chi connectivity index (χ2n) is 2.04. The fraction of sp³-hybridized carbons (Fsp3) is 0. The smallest absolute Gasteiger partial charge is 0.172 e. The molecule has 0 unspecified atom stereocenters. The minimum Gasteiger partial charge on any atom is -0.223 e. The molecule has 1 aromatic carbocycles. The third-order valence-corrected chi connectivity index (χ3v) is 1.82. The van der Waals surface area contributed by atoms with E-state index in [2.05, 4.69) is 15.4 Å². The largest absolute Gasteiger partial charge is 0.223 e. The van der Waals surface area contributed by atoms with E-state index in [1.165, 1.54) is 11.5 Å². The average Bonchev–Trinajstić information content (AvgIpc) is 2.58. The highest BCUT2D eigenvalue weighted by Gasteiger charge is 1.97. The van der Waals surface area contributed by atoms with Crippen LogP contribution in [-0.2, 0) is 0 Å². The van der Waals surface area contributed by atoms with Crippen molar-refractivity contribution >= 4 is 11.5 Å². The molecule has 0 aliphatic carbocycles. The maximum Gasteiger partial charge on any atom is 0.172 e. The maximum absolute atomic E-state index is 4.10. The number of rotatable bonds is 1. The molecule has 0 N–H and O–H groups in total. The monoisotopic (exact) mass is 161 g/mol. The molecule has 11 heavy (non-hydrogen) atoms. The van der Waals surface area contributed by atoms with Gasteiger partial charge in [0.25, 0.3) is 0 Å². The molecule has 2 rings (SSSR count). The summed E-state index contributed by atoms with van der Waals surface area (Å²) in [4.78, 5) is 4.08. The number of benzene rings is 1. The fourth-order valence-corrected chi connectivity index (χ4v) is 1.28. The lowest BCUT2D eigenvalue weighted by Crippen LogP contribution is -1.77. The molecule has 2 nitrogen and oxygen atoms in total. The van der Waals surface area contributed by atoms with E-state index in [9.17, 15) is 0 Å². The van der Waals surface area contributed by atoms with Crippen molar-refractivity contribution in [2.75, 3.05) is 0 Å². The van der Waals surface area contributed by atoms with Gasteiger partial charge in [-0.3, -0.25) is 0 Å². The lowest BCUT2D eigenvalue weighted by atomic mass is 10.2. The first-order valence-electron chi connectivity index (χ1n) is 3.20. The normalized spacial score (nSPS) is 9.82. The molecular weight excluding hydrogens is 156 g/mol. The molecule has 0 saturated heterocycles. The standard InChI is InChI=1S/C8H5N2S/c1-2-4-7(5-3-1)8-9-6-11-10-8/h2-6H. The summed E-state index contributed by atoms with van der Waals surface area (Å²) in [5.41, 5.74) is 2.77.